The van der Waals surface area contributed by atoms with E-state index in [2.05, 4.69) is 25.9 Å². The number of halogens is 1. The maximum atomic E-state index is 14.4. The second kappa shape index (κ2) is 6.95. The molecule has 4 aromatic rings. The Morgan fingerprint density at radius 3 is 2.20 bits per heavy atom. The maximum Gasteiger partial charge on any atom is 0.213 e. The molecule has 0 saturated heterocycles. The molecule has 1 atom stereocenters. The van der Waals surface area contributed by atoms with Gasteiger partial charge in [0.25, 0.3) is 0 Å². The second-order valence-electron chi connectivity index (χ2n) is 8.15. The first-order chi connectivity index (χ1) is 14.0. The van der Waals surface area contributed by atoms with Crippen molar-refractivity contribution in [2.75, 3.05) is 5.75 Å². The summed E-state index contributed by atoms with van der Waals surface area (Å²) < 4.78 is 31.1. The van der Waals surface area contributed by atoms with Crippen LogP contribution in [-0.4, -0.2) is 34.2 Å². The molecule has 6 nitrogen and oxygen atoms in total. The third kappa shape index (κ3) is 2.93. The van der Waals surface area contributed by atoms with E-state index in [1.165, 1.54) is 36.3 Å². The highest BCUT2D eigenvalue weighted by Gasteiger charge is 2.29. The molecule has 0 bridgehead atoms. The van der Waals surface area contributed by atoms with Gasteiger partial charge in [-0.3, -0.25) is 4.21 Å². The van der Waals surface area contributed by atoms with Gasteiger partial charge in [0.2, 0.25) is 4.96 Å². The number of pyridine rings is 1. The minimum atomic E-state index is -1.53. The summed E-state index contributed by atoms with van der Waals surface area (Å²) in [7, 11) is -1.23. The summed E-state index contributed by atoms with van der Waals surface area (Å²) in [6.45, 7) is 15.0. The Morgan fingerprint density at radius 2 is 1.63 bits per heavy atom. The summed E-state index contributed by atoms with van der Waals surface area (Å²) in [6.07, 6.45) is 0. The summed E-state index contributed by atoms with van der Waals surface area (Å²) in [4.78, 5) is 6.05. The number of aryl methyl sites for hydroxylation is 3. The molecule has 30 heavy (non-hydrogen) atoms. The molecule has 0 aliphatic carbocycles. The highest BCUT2D eigenvalue weighted by atomic mass is 32.2. The molecule has 0 spiro atoms. The van der Waals surface area contributed by atoms with Gasteiger partial charge in [-0.15, -0.1) is 0 Å². The van der Waals surface area contributed by atoms with Gasteiger partial charge in [0, 0.05) is 11.4 Å². The average Bonchev–Trinajstić information content (AvgIpc) is 3.36. The molecule has 0 amide bonds. The Hall–Kier alpha value is -2.13. The predicted octanol–water partition coefficient (Wildman–Crippen LogP) is 4.98. The molecule has 9 heteroatoms. The van der Waals surface area contributed by atoms with Crippen LogP contribution >= 0.6 is 11.3 Å². The summed E-state index contributed by atoms with van der Waals surface area (Å²) >= 11 is 1.23. The van der Waals surface area contributed by atoms with E-state index < -0.39 is 16.5 Å². The SMILES string of the molecule is CCS(=O)c1c(-c2nc3sc(C(C)(C)F)nn3c2C)nn2c(C)c(C)c(C)c(C)c12. The molecular weight excluding hydrogens is 421 g/mol. The lowest BCUT2D eigenvalue weighted by Gasteiger charge is -2.12. The smallest absolute Gasteiger partial charge is 0.213 e. The summed E-state index contributed by atoms with van der Waals surface area (Å²) in [5, 5.41) is 9.68. The highest BCUT2D eigenvalue weighted by Crippen LogP contribution is 2.37. The molecule has 4 heterocycles. The van der Waals surface area contributed by atoms with Gasteiger partial charge in [-0.05, 0) is 65.2 Å². The highest BCUT2D eigenvalue weighted by molar-refractivity contribution is 7.85. The standard InChI is InChI=1S/C21H26FN5OS2/c1-9-30(28)18-16(24-26-13(5)11(3)10(2)12(4)17(18)26)15-14(6)27-20(23-15)29-19(25-27)21(7,8)22/h9H2,1-8H3. The van der Waals surface area contributed by atoms with Crippen molar-refractivity contribution >= 4 is 32.6 Å². The zero-order valence-electron chi connectivity index (χ0n) is 18.5. The molecule has 0 aliphatic heterocycles. The normalized spacial score (nSPS) is 13.6. The molecule has 0 saturated carbocycles. The monoisotopic (exact) mass is 447 g/mol. The molecule has 4 aromatic heterocycles. The molecule has 0 fully saturated rings. The lowest BCUT2D eigenvalue weighted by Crippen LogP contribution is -2.09. The van der Waals surface area contributed by atoms with Gasteiger partial charge in [-0.1, -0.05) is 18.3 Å². The Morgan fingerprint density at radius 1 is 0.967 bits per heavy atom. The average molecular weight is 448 g/mol. The minimum absolute atomic E-state index is 0.380. The van der Waals surface area contributed by atoms with E-state index >= 15 is 0 Å². The first-order valence-electron chi connectivity index (χ1n) is 9.90. The fourth-order valence-corrected chi connectivity index (χ4v) is 5.73. The molecule has 0 radical (unpaired) electrons. The number of imidazole rings is 1. The lowest BCUT2D eigenvalue weighted by atomic mass is 10.0. The van der Waals surface area contributed by atoms with E-state index in [0.29, 0.717) is 32.0 Å². The van der Waals surface area contributed by atoms with Crippen molar-refractivity contribution in [2.24, 2.45) is 0 Å². The van der Waals surface area contributed by atoms with Crippen molar-refractivity contribution in [3.8, 4) is 11.4 Å². The molecule has 4 rings (SSSR count). The van der Waals surface area contributed by atoms with Crippen LogP contribution in [0.3, 0.4) is 0 Å². The molecule has 1 unspecified atom stereocenters. The van der Waals surface area contributed by atoms with Gasteiger partial charge in [-0.2, -0.15) is 10.2 Å². The molecule has 160 valence electrons. The second-order valence-corrected chi connectivity index (χ2v) is 10.8. The molecule has 0 aromatic carbocycles. The fraction of sp³-hybridized carbons (Fsp3) is 0.476. The minimum Gasteiger partial charge on any atom is -0.254 e. The number of hydrogen-bond acceptors (Lipinski definition) is 5. The zero-order chi connectivity index (χ0) is 22.1. The van der Waals surface area contributed by atoms with Crippen molar-refractivity contribution in [1.29, 1.82) is 0 Å². The summed E-state index contributed by atoms with van der Waals surface area (Å²) in [6, 6.07) is 0. The molecule has 0 N–H and O–H groups in total. The number of aromatic nitrogens is 5. The first-order valence-corrected chi connectivity index (χ1v) is 12.0. The van der Waals surface area contributed by atoms with E-state index in [4.69, 9.17) is 10.1 Å². The maximum absolute atomic E-state index is 14.4. The number of nitrogens with zero attached hydrogens (tertiary/aromatic N) is 5. The van der Waals surface area contributed by atoms with E-state index in [0.717, 1.165) is 22.5 Å². The number of rotatable bonds is 4. The van der Waals surface area contributed by atoms with Crippen LogP contribution in [0.5, 0.6) is 0 Å². The van der Waals surface area contributed by atoms with Gasteiger partial charge in [0.05, 0.1) is 26.9 Å². The van der Waals surface area contributed by atoms with E-state index in [-0.39, 0.29) is 0 Å². The van der Waals surface area contributed by atoms with E-state index in [1.807, 2.05) is 25.3 Å². The number of fused-ring (bicyclic) bond motifs is 2. The van der Waals surface area contributed by atoms with E-state index in [1.54, 1.807) is 4.52 Å². The van der Waals surface area contributed by atoms with Crippen molar-refractivity contribution in [3.05, 3.63) is 33.1 Å². The van der Waals surface area contributed by atoms with Crippen LogP contribution < -0.4 is 0 Å². The third-order valence-corrected chi connectivity index (χ3v) is 8.41. The van der Waals surface area contributed by atoms with Crippen LogP contribution in [0.15, 0.2) is 4.90 Å². The van der Waals surface area contributed by atoms with Crippen LogP contribution in [0.25, 0.3) is 21.9 Å². The van der Waals surface area contributed by atoms with Crippen LogP contribution in [0.2, 0.25) is 0 Å². The largest absolute Gasteiger partial charge is 0.254 e. The van der Waals surface area contributed by atoms with Crippen molar-refractivity contribution in [2.45, 2.75) is 66.0 Å². The van der Waals surface area contributed by atoms with Gasteiger partial charge < -0.3 is 0 Å². The Labute approximate surface area is 181 Å². The Balaban J connectivity index is 2.07. The summed E-state index contributed by atoms with van der Waals surface area (Å²) in [5.41, 5.74) is 5.83. The number of alkyl halides is 1. The van der Waals surface area contributed by atoms with Crippen LogP contribution in [0.4, 0.5) is 4.39 Å². The van der Waals surface area contributed by atoms with E-state index in [9.17, 15) is 8.60 Å². The quantitative estimate of drug-likeness (QED) is 0.443. The molecule has 0 aliphatic rings. The van der Waals surface area contributed by atoms with Gasteiger partial charge in [0.1, 0.15) is 11.4 Å². The summed E-state index contributed by atoms with van der Waals surface area (Å²) in [5.74, 6) is 0.486. The Bertz CT molecular complexity index is 1340. The van der Waals surface area contributed by atoms with Gasteiger partial charge in [-0.25, -0.2) is 18.4 Å². The lowest BCUT2D eigenvalue weighted by molar-refractivity contribution is 0.219. The first kappa shape index (κ1) is 21.1. The van der Waals surface area contributed by atoms with Crippen LogP contribution in [0.1, 0.15) is 53.9 Å². The predicted molar refractivity (Wildman–Crippen MR) is 120 cm³/mol. The van der Waals surface area contributed by atoms with Crippen molar-refractivity contribution in [1.82, 2.24) is 24.2 Å². The topological polar surface area (TPSA) is 64.6 Å². The van der Waals surface area contributed by atoms with Crippen LogP contribution in [0, 0.1) is 34.6 Å². The fourth-order valence-electron chi connectivity index (χ4n) is 3.69. The van der Waals surface area contributed by atoms with Gasteiger partial charge >= 0.3 is 0 Å². The van der Waals surface area contributed by atoms with Crippen molar-refractivity contribution in [3.63, 3.8) is 0 Å². The Kier molecular flexibility index (Phi) is 4.89. The van der Waals surface area contributed by atoms with Crippen LogP contribution in [-0.2, 0) is 16.5 Å². The zero-order valence-corrected chi connectivity index (χ0v) is 20.2. The van der Waals surface area contributed by atoms with Gasteiger partial charge in [0.15, 0.2) is 10.7 Å². The van der Waals surface area contributed by atoms with Crippen molar-refractivity contribution < 1.29 is 8.60 Å². The molecular formula is C21H26FN5OS2. The third-order valence-electron chi connectivity index (χ3n) is 5.83. The number of hydrogen-bond donors (Lipinski definition) is 0.